The van der Waals surface area contributed by atoms with E-state index in [1.807, 2.05) is 0 Å². The van der Waals surface area contributed by atoms with Crippen LogP contribution in [0, 0.1) is 0 Å². The molecule has 0 saturated carbocycles. The third kappa shape index (κ3) is 6.12. The summed E-state index contributed by atoms with van der Waals surface area (Å²) in [6, 6.07) is 0.671. The number of benzene rings is 1. The van der Waals surface area contributed by atoms with Gasteiger partial charge in [-0.1, -0.05) is 13.3 Å². The van der Waals surface area contributed by atoms with Gasteiger partial charge in [0, 0.05) is 24.7 Å². The van der Waals surface area contributed by atoms with Crippen molar-refractivity contribution in [3.05, 3.63) is 34.9 Å². The molecule has 1 aromatic carbocycles. The van der Waals surface area contributed by atoms with Gasteiger partial charge in [-0.15, -0.1) is 0 Å². The first-order valence-corrected chi connectivity index (χ1v) is 8.83. The topological polar surface area (TPSA) is 32.3 Å². The number of carbonyl (C=O) groups is 1. The van der Waals surface area contributed by atoms with Gasteiger partial charge in [-0.2, -0.15) is 26.3 Å². The van der Waals surface area contributed by atoms with Gasteiger partial charge < -0.3 is 10.2 Å². The molecule has 2 rings (SSSR count). The number of carbonyl (C=O) groups excluding carboxylic acids is 1. The fourth-order valence-electron chi connectivity index (χ4n) is 3.04. The molecule has 0 radical (unpaired) electrons. The van der Waals surface area contributed by atoms with E-state index < -0.39 is 35.0 Å². The highest BCUT2D eigenvalue weighted by Crippen LogP contribution is 2.36. The van der Waals surface area contributed by atoms with Gasteiger partial charge in [0.15, 0.2) is 0 Å². The Morgan fingerprint density at radius 3 is 2.00 bits per heavy atom. The summed E-state index contributed by atoms with van der Waals surface area (Å²) in [6.45, 7) is 4.50. The van der Waals surface area contributed by atoms with Gasteiger partial charge in [0.25, 0.3) is 5.91 Å². The van der Waals surface area contributed by atoms with E-state index in [0.717, 1.165) is 32.5 Å². The maximum atomic E-state index is 12.9. The molecule has 152 valence electrons. The van der Waals surface area contributed by atoms with Crippen molar-refractivity contribution in [2.75, 3.05) is 19.6 Å². The standard InChI is InChI=1S/C18H22F6N2O/c1-2-3-6-26-7-4-15(5-8-26)25-16(27)12-9-13(17(19,20)21)11-14(10-12)18(22,23)24/h9-11,15H,2-8H2,1H3,(H,25,27). The first-order chi connectivity index (χ1) is 12.5. The normalized spacial score (nSPS) is 17.1. The van der Waals surface area contributed by atoms with Crippen LogP contribution in [0.2, 0.25) is 0 Å². The first kappa shape index (κ1) is 21.5. The molecule has 0 bridgehead atoms. The summed E-state index contributed by atoms with van der Waals surface area (Å²) in [4.78, 5) is 14.5. The number of amides is 1. The fraction of sp³-hybridized carbons (Fsp3) is 0.611. The summed E-state index contributed by atoms with van der Waals surface area (Å²) >= 11 is 0. The molecule has 27 heavy (non-hydrogen) atoms. The number of nitrogens with zero attached hydrogens (tertiary/aromatic N) is 1. The lowest BCUT2D eigenvalue weighted by Gasteiger charge is -2.32. The van der Waals surface area contributed by atoms with Crippen molar-refractivity contribution in [2.45, 2.75) is 51.0 Å². The lowest BCUT2D eigenvalue weighted by molar-refractivity contribution is -0.143. The average Bonchev–Trinajstić information content (AvgIpc) is 2.59. The monoisotopic (exact) mass is 396 g/mol. The van der Waals surface area contributed by atoms with Gasteiger partial charge in [-0.05, 0) is 44.0 Å². The minimum Gasteiger partial charge on any atom is -0.349 e. The number of nitrogens with one attached hydrogen (secondary N) is 1. The zero-order valence-electron chi connectivity index (χ0n) is 14.9. The highest BCUT2D eigenvalue weighted by Gasteiger charge is 2.37. The third-order valence-corrected chi connectivity index (χ3v) is 4.60. The lowest BCUT2D eigenvalue weighted by atomic mass is 10.0. The maximum Gasteiger partial charge on any atom is 0.416 e. The van der Waals surface area contributed by atoms with Gasteiger partial charge in [-0.3, -0.25) is 4.79 Å². The number of alkyl halides is 6. The summed E-state index contributed by atoms with van der Waals surface area (Å²) < 4.78 is 77.4. The second-order valence-electron chi connectivity index (χ2n) is 6.74. The first-order valence-electron chi connectivity index (χ1n) is 8.83. The van der Waals surface area contributed by atoms with E-state index in [9.17, 15) is 31.1 Å². The van der Waals surface area contributed by atoms with E-state index in [4.69, 9.17) is 0 Å². The molecule has 1 saturated heterocycles. The minimum atomic E-state index is -4.97. The van der Waals surface area contributed by atoms with Crippen molar-refractivity contribution in [2.24, 2.45) is 0 Å². The van der Waals surface area contributed by atoms with E-state index in [0.29, 0.717) is 25.0 Å². The highest BCUT2D eigenvalue weighted by molar-refractivity contribution is 5.94. The number of hydrogen-bond acceptors (Lipinski definition) is 2. The van der Waals surface area contributed by atoms with Crippen LogP contribution in [0.4, 0.5) is 26.3 Å². The van der Waals surface area contributed by atoms with Crippen molar-refractivity contribution >= 4 is 5.91 Å². The minimum absolute atomic E-state index is 0.0169. The summed E-state index contributed by atoms with van der Waals surface area (Å²) in [5, 5.41) is 2.57. The molecule has 1 N–H and O–H groups in total. The molecule has 1 aliphatic heterocycles. The van der Waals surface area contributed by atoms with Gasteiger partial charge in [-0.25, -0.2) is 0 Å². The van der Waals surface area contributed by atoms with E-state index >= 15 is 0 Å². The number of likely N-dealkylation sites (tertiary alicyclic amines) is 1. The smallest absolute Gasteiger partial charge is 0.349 e. The molecule has 0 aromatic heterocycles. The molecule has 1 aromatic rings. The molecular formula is C18H22F6N2O. The van der Waals surface area contributed by atoms with Crippen molar-refractivity contribution in [1.29, 1.82) is 0 Å². The molecular weight excluding hydrogens is 374 g/mol. The fourth-order valence-corrected chi connectivity index (χ4v) is 3.04. The van der Waals surface area contributed by atoms with E-state index in [2.05, 4.69) is 17.1 Å². The van der Waals surface area contributed by atoms with Crippen molar-refractivity contribution in [3.63, 3.8) is 0 Å². The van der Waals surface area contributed by atoms with Gasteiger partial charge in [0.2, 0.25) is 0 Å². The Hall–Kier alpha value is -1.77. The van der Waals surface area contributed by atoms with E-state index in [1.165, 1.54) is 0 Å². The predicted octanol–water partition coefficient (Wildman–Crippen LogP) is 4.72. The van der Waals surface area contributed by atoms with Crippen LogP contribution in [0.3, 0.4) is 0 Å². The van der Waals surface area contributed by atoms with Crippen LogP contribution in [-0.4, -0.2) is 36.5 Å². The second kappa shape index (κ2) is 8.50. The van der Waals surface area contributed by atoms with Crippen LogP contribution in [0.1, 0.15) is 54.1 Å². The molecule has 1 amide bonds. The number of piperidine rings is 1. The van der Waals surface area contributed by atoms with Crippen LogP contribution in [0.15, 0.2) is 18.2 Å². The summed E-state index contributed by atoms with van der Waals surface area (Å²) in [7, 11) is 0. The van der Waals surface area contributed by atoms with Gasteiger partial charge >= 0.3 is 12.4 Å². The Bertz CT molecular complexity index is 616. The van der Waals surface area contributed by atoms with Crippen LogP contribution in [0.25, 0.3) is 0 Å². The third-order valence-electron chi connectivity index (χ3n) is 4.60. The molecule has 9 heteroatoms. The van der Waals surface area contributed by atoms with Crippen LogP contribution in [-0.2, 0) is 12.4 Å². The quantitative estimate of drug-likeness (QED) is 0.731. The van der Waals surface area contributed by atoms with Crippen LogP contribution in [0.5, 0.6) is 0 Å². The molecule has 1 aliphatic rings. The van der Waals surface area contributed by atoms with Crippen molar-refractivity contribution in [1.82, 2.24) is 10.2 Å². The largest absolute Gasteiger partial charge is 0.416 e. The Morgan fingerprint density at radius 1 is 1.04 bits per heavy atom. The molecule has 1 fully saturated rings. The zero-order chi connectivity index (χ0) is 20.2. The lowest BCUT2D eigenvalue weighted by Crippen LogP contribution is -2.44. The Labute approximate surface area is 153 Å². The molecule has 0 atom stereocenters. The van der Waals surface area contributed by atoms with Crippen LogP contribution < -0.4 is 5.32 Å². The second-order valence-corrected chi connectivity index (χ2v) is 6.74. The van der Waals surface area contributed by atoms with Gasteiger partial charge in [0.1, 0.15) is 0 Å². The SMILES string of the molecule is CCCCN1CCC(NC(=O)c2cc(C(F)(F)F)cc(C(F)(F)F)c2)CC1. The Morgan fingerprint density at radius 2 is 1.56 bits per heavy atom. The summed E-state index contributed by atoms with van der Waals surface area (Å²) in [5.41, 5.74) is -3.61. The van der Waals surface area contributed by atoms with Crippen molar-refractivity contribution in [3.8, 4) is 0 Å². The molecule has 3 nitrogen and oxygen atoms in total. The molecule has 0 spiro atoms. The number of unbranched alkanes of at least 4 members (excludes halogenated alkanes) is 1. The van der Waals surface area contributed by atoms with E-state index in [1.54, 1.807) is 0 Å². The molecule has 0 aliphatic carbocycles. The summed E-state index contributed by atoms with van der Waals surface area (Å²) in [5.74, 6) is -0.918. The predicted molar refractivity (Wildman–Crippen MR) is 88.3 cm³/mol. The highest BCUT2D eigenvalue weighted by atomic mass is 19.4. The van der Waals surface area contributed by atoms with Crippen molar-refractivity contribution < 1.29 is 31.1 Å². The molecule has 1 heterocycles. The van der Waals surface area contributed by atoms with E-state index in [-0.39, 0.29) is 12.1 Å². The number of rotatable bonds is 5. The number of hydrogen-bond donors (Lipinski definition) is 1. The average molecular weight is 396 g/mol. The van der Waals surface area contributed by atoms with Crippen LogP contribution >= 0.6 is 0 Å². The van der Waals surface area contributed by atoms with Gasteiger partial charge in [0.05, 0.1) is 11.1 Å². The number of halogens is 6. The Balaban J connectivity index is 2.10. The summed E-state index contributed by atoms with van der Waals surface area (Å²) in [6.07, 6.45) is -6.60. The maximum absolute atomic E-state index is 12.9. The zero-order valence-corrected chi connectivity index (χ0v) is 14.9. The molecule has 0 unspecified atom stereocenters. The Kier molecular flexibility index (Phi) is 6.77.